The van der Waals surface area contributed by atoms with Crippen LogP contribution in [-0.4, -0.2) is 16.3 Å². The highest BCUT2D eigenvalue weighted by Crippen LogP contribution is 2.32. The zero-order valence-electron chi connectivity index (χ0n) is 10.4. The Bertz CT molecular complexity index is 313. The Morgan fingerprint density at radius 1 is 1.50 bits per heavy atom. The summed E-state index contributed by atoms with van der Waals surface area (Å²) >= 11 is 0. The van der Waals surface area contributed by atoms with Crippen LogP contribution < -0.4 is 5.32 Å². The lowest BCUT2D eigenvalue weighted by atomic mass is 9.96. The Morgan fingerprint density at radius 3 is 2.81 bits per heavy atom. The van der Waals surface area contributed by atoms with Crippen LogP contribution in [0.4, 0.5) is 0 Å². The van der Waals surface area contributed by atoms with Gasteiger partial charge in [-0.3, -0.25) is 4.68 Å². The van der Waals surface area contributed by atoms with E-state index in [4.69, 9.17) is 0 Å². The number of aryl methyl sites for hydroxylation is 1. The highest BCUT2D eigenvalue weighted by Gasteiger charge is 2.21. The highest BCUT2D eigenvalue weighted by atomic mass is 15.3. The van der Waals surface area contributed by atoms with Gasteiger partial charge in [0, 0.05) is 13.2 Å². The molecular formula is C13H23N3. The Labute approximate surface area is 98.2 Å². The number of rotatable bonds is 5. The quantitative estimate of drug-likeness (QED) is 0.828. The second-order valence-electron chi connectivity index (χ2n) is 4.91. The molecule has 0 saturated heterocycles. The fraction of sp³-hybridized carbons (Fsp3) is 0.769. The maximum atomic E-state index is 4.53. The van der Waals surface area contributed by atoms with Gasteiger partial charge >= 0.3 is 0 Å². The molecule has 0 bridgehead atoms. The van der Waals surface area contributed by atoms with E-state index < -0.39 is 0 Å². The maximum absolute atomic E-state index is 4.53. The van der Waals surface area contributed by atoms with Gasteiger partial charge in [-0.2, -0.15) is 5.10 Å². The van der Waals surface area contributed by atoms with Crippen molar-refractivity contribution >= 4 is 0 Å². The standard InChI is InChI=1S/C13H23N3/c1-3-14-13(10-11-6-4-5-7-11)12-8-9-16(2)15-12/h8-9,11,13-14H,3-7,10H2,1-2H3. The molecule has 0 amide bonds. The SMILES string of the molecule is CCNC(CC1CCCC1)c1ccn(C)n1. The van der Waals surface area contributed by atoms with Gasteiger partial charge < -0.3 is 5.32 Å². The first-order chi connectivity index (χ1) is 7.79. The number of hydrogen-bond donors (Lipinski definition) is 1. The fourth-order valence-electron chi connectivity index (χ4n) is 2.75. The van der Waals surface area contributed by atoms with Gasteiger partial charge in [0.2, 0.25) is 0 Å². The molecule has 1 aliphatic rings. The summed E-state index contributed by atoms with van der Waals surface area (Å²) in [6.45, 7) is 3.19. The molecule has 3 nitrogen and oxygen atoms in total. The van der Waals surface area contributed by atoms with Crippen molar-refractivity contribution in [2.24, 2.45) is 13.0 Å². The molecule has 2 rings (SSSR count). The van der Waals surface area contributed by atoms with E-state index in [2.05, 4.69) is 23.4 Å². The molecule has 1 aliphatic carbocycles. The predicted octanol–water partition coefficient (Wildman–Crippen LogP) is 2.65. The van der Waals surface area contributed by atoms with Crippen molar-refractivity contribution in [1.29, 1.82) is 0 Å². The van der Waals surface area contributed by atoms with Crippen LogP contribution in [0.1, 0.15) is 50.8 Å². The molecule has 90 valence electrons. The second kappa shape index (κ2) is 5.48. The molecule has 3 heteroatoms. The van der Waals surface area contributed by atoms with Crippen molar-refractivity contribution in [2.45, 2.75) is 45.1 Å². The molecule has 0 aromatic carbocycles. The molecule has 1 aromatic rings. The van der Waals surface area contributed by atoms with Gasteiger partial charge in [-0.15, -0.1) is 0 Å². The topological polar surface area (TPSA) is 29.9 Å². The molecule has 1 fully saturated rings. The van der Waals surface area contributed by atoms with E-state index in [9.17, 15) is 0 Å². The van der Waals surface area contributed by atoms with E-state index in [0.717, 1.165) is 12.5 Å². The van der Waals surface area contributed by atoms with E-state index in [-0.39, 0.29) is 0 Å². The minimum atomic E-state index is 0.453. The molecular weight excluding hydrogens is 198 g/mol. The number of nitrogens with zero attached hydrogens (tertiary/aromatic N) is 2. The normalized spacial score (nSPS) is 19.1. The Kier molecular flexibility index (Phi) is 3.99. The van der Waals surface area contributed by atoms with E-state index in [0.29, 0.717) is 6.04 Å². The van der Waals surface area contributed by atoms with Gasteiger partial charge in [0.15, 0.2) is 0 Å². The van der Waals surface area contributed by atoms with Crippen molar-refractivity contribution in [3.8, 4) is 0 Å². The maximum Gasteiger partial charge on any atom is 0.0793 e. The summed E-state index contributed by atoms with van der Waals surface area (Å²) < 4.78 is 1.90. The Balaban J connectivity index is 1.98. The van der Waals surface area contributed by atoms with Gasteiger partial charge in [-0.1, -0.05) is 32.6 Å². The third kappa shape index (κ3) is 2.85. The summed E-state index contributed by atoms with van der Waals surface area (Å²) in [5, 5.41) is 8.09. The zero-order valence-corrected chi connectivity index (χ0v) is 10.4. The summed E-state index contributed by atoms with van der Waals surface area (Å²) in [4.78, 5) is 0. The lowest BCUT2D eigenvalue weighted by molar-refractivity contribution is 0.393. The number of hydrogen-bond acceptors (Lipinski definition) is 2. The van der Waals surface area contributed by atoms with Crippen LogP contribution in [0.25, 0.3) is 0 Å². The van der Waals surface area contributed by atoms with Crippen LogP contribution >= 0.6 is 0 Å². The van der Waals surface area contributed by atoms with Crippen molar-refractivity contribution in [3.63, 3.8) is 0 Å². The highest BCUT2D eigenvalue weighted by molar-refractivity contribution is 5.05. The summed E-state index contributed by atoms with van der Waals surface area (Å²) in [5.74, 6) is 0.908. The Hall–Kier alpha value is -0.830. The zero-order chi connectivity index (χ0) is 11.4. The first-order valence-electron chi connectivity index (χ1n) is 6.52. The van der Waals surface area contributed by atoms with E-state index >= 15 is 0 Å². The van der Waals surface area contributed by atoms with Gasteiger partial charge in [-0.05, 0) is 24.9 Å². The van der Waals surface area contributed by atoms with Crippen molar-refractivity contribution in [2.75, 3.05) is 6.54 Å². The van der Waals surface area contributed by atoms with Crippen LogP contribution in [0.2, 0.25) is 0 Å². The third-order valence-electron chi connectivity index (χ3n) is 3.59. The first kappa shape index (κ1) is 11.6. The predicted molar refractivity (Wildman–Crippen MR) is 66.2 cm³/mol. The van der Waals surface area contributed by atoms with Gasteiger partial charge in [-0.25, -0.2) is 0 Å². The second-order valence-corrected chi connectivity index (χ2v) is 4.91. The molecule has 0 spiro atoms. The van der Waals surface area contributed by atoms with E-state index in [1.165, 1.54) is 37.8 Å². The molecule has 16 heavy (non-hydrogen) atoms. The van der Waals surface area contributed by atoms with Crippen LogP contribution in [0.3, 0.4) is 0 Å². The van der Waals surface area contributed by atoms with Crippen LogP contribution in [0.15, 0.2) is 12.3 Å². The largest absolute Gasteiger partial charge is 0.309 e. The van der Waals surface area contributed by atoms with Gasteiger partial charge in [0.25, 0.3) is 0 Å². The summed E-state index contributed by atoms with van der Waals surface area (Å²) in [6, 6.07) is 2.59. The van der Waals surface area contributed by atoms with Crippen LogP contribution in [-0.2, 0) is 7.05 Å². The average molecular weight is 221 g/mol. The molecule has 1 unspecified atom stereocenters. The average Bonchev–Trinajstić information content (AvgIpc) is 2.88. The van der Waals surface area contributed by atoms with Gasteiger partial charge in [0.05, 0.1) is 11.7 Å². The number of aromatic nitrogens is 2. The molecule has 1 N–H and O–H groups in total. The summed E-state index contributed by atoms with van der Waals surface area (Å²) in [6.07, 6.45) is 8.96. The van der Waals surface area contributed by atoms with Crippen LogP contribution in [0, 0.1) is 5.92 Å². The lowest BCUT2D eigenvalue weighted by Crippen LogP contribution is -2.23. The smallest absolute Gasteiger partial charge is 0.0793 e. The first-order valence-corrected chi connectivity index (χ1v) is 6.52. The monoisotopic (exact) mass is 221 g/mol. The molecule has 1 saturated carbocycles. The van der Waals surface area contributed by atoms with Crippen LogP contribution in [0.5, 0.6) is 0 Å². The summed E-state index contributed by atoms with van der Waals surface area (Å²) in [5.41, 5.74) is 1.20. The fourth-order valence-corrected chi connectivity index (χ4v) is 2.75. The summed E-state index contributed by atoms with van der Waals surface area (Å²) in [7, 11) is 1.99. The minimum Gasteiger partial charge on any atom is -0.309 e. The molecule has 0 radical (unpaired) electrons. The van der Waals surface area contributed by atoms with Gasteiger partial charge in [0.1, 0.15) is 0 Å². The van der Waals surface area contributed by atoms with Crippen molar-refractivity contribution in [1.82, 2.24) is 15.1 Å². The molecule has 0 aliphatic heterocycles. The molecule has 1 atom stereocenters. The molecule has 1 heterocycles. The Morgan fingerprint density at radius 2 is 2.25 bits per heavy atom. The van der Waals surface area contributed by atoms with E-state index in [1.54, 1.807) is 0 Å². The minimum absolute atomic E-state index is 0.453. The van der Waals surface area contributed by atoms with Crippen molar-refractivity contribution < 1.29 is 0 Å². The lowest BCUT2D eigenvalue weighted by Gasteiger charge is -2.19. The van der Waals surface area contributed by atoms with Crippen molar-refractivity contribution in [3.05, 3.63) is 18.0 Å². The molecule has 1 aromatic heterocycles. The van der Waals surface area contributed by atoms with E-state index in [1.807, 2.05) is 17.9 Å². The third-order valence-corrected chi connectivity index (χ3v) is 3.59. The number of nitrogens with one attached hydrogen (secondary N) is 1.